The summed E-state index contributed by atoms with van der Waals surface area (Å²) in [6, 6.07) is 12.4. The van der Waals surface area contributed by atoms with Crippen molar-refractivity contribution in [1.82, 2.24) is 9.21 Å². The molecule has 162 valence electrons. The van der Waals surface area contributed by atoms with Gasteiger partial charge in [0.1, 0.15) is 5.82 Å². The first-order valence-electron chi connectivity index (χ1n) is 10.1. The number of benzene rings is 2. The molecule has 0 spiro atoms. The van der Waals surface area contributed by atoms with Crippen LogP contribution in [0.3, 0.4) is 0 Å². The molecule has 1 amide bonds. The molecule has 2 aromatic rings. The molecule has 0 aromatic heterocycles. The molecule has 1 aliphatic rings. The normalized spacial score (nSPS) is 17.1. The monoisotopic (exact) mass is 433 g/mol. The maximum absolute atomic E-state index is 13.4. The zero-order chi connectivity index (χ0) is 21.9. The van der Waals surface area contributed by atoms with E-state index in [4.69, 9.17) is 0 Å². The number of rotatable bonds is 6. The first kappa shape index (κ1) is 22.4. The van der Waals surface area contributed by atoms with Gasteiger partial charge in [-0.3, -0.25) is 9.69 Å². The van der Waals surface area contributed by atoms with Crippen molar-refractivity contribution in [3.05, 3.63) is 59.9 Å². The SMILES string of the molecule is CC(C)c1ccc(NC(=O)C(C)N2CCN(S(=O)(=O)c3cccc(F)c3)CC2)cc1. The maximum Gasteiger partial charge on any atom is 0.243 e. The van der Waals surface area contributed by atoms with E-state index in [1.807, 2.05) is 36.1 Å². The minimum Gasteiger partial charge on any atom is -0.325 e. The van der Waals surface area contributed by atoms with Gasteiger partial charge in [-0.05, 0) is 48.7 Å². The first-order chi connectivity index (χ1) is 14.2. The second kappa shape index (κ2) is 9.24. The van der Waals surface area contributed by atoms with Crippen molar-refractivity contribution in [3.63, 3.8) is 0 Å². The fourth-order valence-electron chi connectivity index (χ4n) is 3.47. The Labute approximate surface area is 177 Å². The molecule has 2 aromatic carbocycles. The lowest BCUT2D eigenvalue weighted by Gasteiger charge is -2.36. The third-order valence-electron chi connectivity index (χ3n) is 5.48. The molecule has 1 saturated heterocycles. The highest BCUT2D eigenvalue weighted by Gasteiger charge is 2.32. The van der Waals surface area contributed by atoms with Crippen molar-refractivity contribution in [2.24, 2.45) is 0 Å². The van der Waals surface area contributed by atoms with Gasteiger partial charge in [0.15, 0.2) is 0 Å². The molecule has 0 radical (unpaired) electrons. The van der Waals surface area contributed by atoms with E-state index in [1.165, 1.54) is 28.1 Å². The van der Waals surface area contributed by atoms with Crippen LogP contribution in [0.2, 0.25) is 0 Å². The van der Waals surface area contributed by atoms with Gasteiger partial charge in [-0.1, -0.05) is 32.0 Å². The van der Waals surface area contributed by atoms with Crippen molar-refractivity contribution in [2.45, 2.75) is 37.6 Å². The zero-order valence-electron chi connectivity index (χ0n) is 17.5. The smallest absolute Gasteiger partial charge is 0.243 e. The van der Waals surface area contributed by atoms with Crippen LogP contribution in [0.1, 0.15) is 32.3 Å². The summed E-state index contributed by atoms with van der Waals surface area (Å²) in [6.07, 6.45) is 0. The summed E-state index contributed by atoms with van der Waals surface area (Å²) >= 11 is 0. The summed E-state index contributed by atoms with van der Waals surface area (Å²) in [7, 11) is -3.75. The number of carbonyl (C=O) groups is 1. The maximum atomic E-state index is 13.4. The number of piperazine rings is 1. The number of nitrogens with one attached hydrogen (secondary N) is 1. The van der Waals surface area contributed by atoms with Crippen molar-refractivity contribution < 1.29 is 17.6 Å². The Balaban J connectivity index is 1.58. The Bertz CT molecular complexity index is 985. The average molecular weight is 434 g/mol. The van der Waals surface area contributed by atoms with E-state index in [2.05, 4.69) is 19.2 Å². The van der Waals surface area contributed by atoms with Gasteiger partial charge in [-0.25, -0.2) is 12.8 Å². The molecule has 8 heteroatoms. The lowest BCUT2D eigenvalue weighted by atomic mass is 10.0. The van der Waals surface area contributed by atoms with E-state index in [0.717, 1.165) is 11.8 Å². The molecule has 1 fully saturated rings. The fourth-order valence-corrected chi connectivity index (χ4v) is 4.93. The minimum atomic E-state index is -3.75. The Morgan fingerprint density at radius 3 is 2.20 bits per heavy atom. The zero-order valence-corrected chi connectivity index (χ0v) is 18.3. The van der Waals surface area contributed by atoms with E-state index in [9.17, 15) is 17.6 Å². The molecule has 1 unspecified atom stereocenters. The Kier molecular flexibility index (Phi) is 6.90. The average Bonchev–Trinajstić information content (AvgIpc) is 2.73. The van der Waals surface area contributed by atoms with Crippen LogP contribution in [0.15, 0.2) is 53.4 Å². The first-order valence-corrected chi connectivity index (χ1v) is 11.5. The second-order valence-electron chi connectivity index (χ2n) is 7.84. The van der Waals surface area contributed by atoms with Gasteiger partial charge in [-0.15, -0.1) is 0 Å². The van der Waals surface area contributed by atoms with E-state index in [0.29, 0.717) is 19.0 Å². The van der Waals surface area contributed by atoms with Gasteiger partial charge in [-0.2, -0.15) is 4.31 Å². The Morgan fingerprint density at radius 1 is 1.00 bits per heavy atom. The van der Waals surface area contributed by atoms with Crippen LogP contribution in [0.4, 0.5) is 10.1 Å². The number of sulfonamides is 1. The number of anilines is 1. The summed E-state index contributed by atoms with van der Waals surface area (Å²) in [5.74, 6) is -0.288. The molecule has 0 aliphatic carbocycles. The number of carbonyl (C=O) groups excluding carboxylic acids is 1. The molecule has 0 saturated carbocycles. The molecular weight excluding hydrogens is 405 g/mol. The lowest BCUT2D eigenvalue weighted by Crippen LogP contribution is -2.53. The van der Waals surface area contributed by atoms with Crippen molar-refractivity contribution in [2.75, 3.05) is 31.5 Å². The van der Waals surface area contributed by atoms with Crippen LogP contribution in [-0.2, 0) is 14.8 Å². The quantitative estimate of drug-likeness (QED) is 0.759. The van der Waals surface area contributed by atoms with Gasteiger partial charge in [0.2, 0.25) is 15.9 Å². The largest absolute Gasteiger partial charge is 0.325 e. The number of halogens is 1. The second-order valence-corrected chi connectivity index (χ2v) is 9.78. The van der Waals surface area contributed by atoms with Crippen molar-refractivity contribution in [1.29, 1.82) is 0 Å². The van der Waals surface area contributed by atoms with Gasteiger partial charge in [0.05, 0.1) is 10.9 Å². The summed E-state index contributed by atoms with van der Waals surface area (Å²) in [5.41, 5.74) is 1.94. The Hall–Kier alpha value is -2.29. The molecule has 0 bridgehead atoms. The predicted molar refractivity (Wildman–Crippen MR) is 115 cm³/mol. The van der Waals surface area contributed by atoms with Crippen LogP contribution in [0.5, 0.6) is 0 Å². The predicted octanol–water partition coefficient (Wildman–Crippen LogP) is 3.28. The molecule has 1 N–H and O–H groups in total. The van der Waals surface area contributed by atoms with E-state index in [1.54, 1.807) is 0 Å². The lowest BCUT2D eigenvalue weighted by molar-refractivity contribution is -0.121. The molecular formula is C22H28FN3O3S. The summed E-state index contributed by atoms with van der Waals surface area (Å²) in [4.78, 5) is 14.5. The van der Waals surface area contributed by atoms with Crippen LogP contribution in [-0.4, -0.2) is 55.8 Å². The van der Waals surface area contributed by atoms with E-state index < -0.39 is 21.9 Å². The van der Waals surface area contributed by atoms with E-state index in [-0.39, 0.29) is 23.9 Å². The highest BCUT2D eigenvalue weighted by molar-refractivity contribution is 7.89. The van der Waals surface area contributed by atoms with Crippen molar-refractivity contribution in [3.8, 4) is 0 Å². The number of nitrogens with zero attached hydrogens (tertiary/aromatic N) is 2. The van der Waals surface area contributed by atoms with Crippen LogP contribution >= 0.6 is 0 Å². The van der Waals surface area contributed by atoms with Crippen molar-refractivity contribution >= 4 is 21.6 Å². The summed E-state index contributed by atoms with van der Waals surface area (Å²) < 4.78 is 40.2. The van der Waals surface area contributed by atoms with E-state index >= 15 is 0 Å². The van der Waals surface area contributed by atoms with Gasteiger partial charge in [0.25, 0.3) is 0 Å². The standard InChI is InChI=1S/C22H28FN3O3S/c1-16(2)18-7-9-20(10-8-18)24-22(27)17(3)25-11-13-26(14-12-25)30(28,29)21-6-4-5-19(23)15-21/h4-10,15-17H,11-14H2,1-3H3,(H,24,27). The number of hydrogen-bond acceptors (Lipinski definition) is 4. The van der Waals surface area contributed by atoms with Gasteiger partial charge >= 0.3 is 0 Å². The highest BCUT2D eigenvalue weighted by Crippen LogP contribution is 2.20. The topological polar surface area (TPSA) is 69.7 Å². The number of amides is 1. The molecule has 6 nitrogen and oxygen atoms in total. The molecule has 1 heterocycles. The third kappa shape index (κ3) is 5.06. The van der Waals surface area contributed by atoms with Gasteiger partial charge < -0.3 is 5.32 Å². The summed E-state index contributed by atoms with van der Waals surface area (Å²) in [6.45, 7) is 7.39. The number of hydrogen-bond donors (Lipinski definition) is 1. The highest BCUT2D eigenvalue weighted by atomic mass is 32.2. The third-order valence-corrected chi connectivity index (χ3v) is 7.37. The molecule has 1 aliphatic heterocycles. The van der Waals surface area contributed by atoms with Crippen LogP contribution in [0, 0.1) is 5.82 Å². The minimum absolute atomic E-state index is 0.0495. The van der Waals surface area contributed by atoms with Crippen LogP contribution in [0.25, 0.3) is 0 Å². The summed E-state index contributed by atoms with van der Waals surface area (Å²) in [5, 5.41) is 2.92. The molecule has 3 rings (SSSR count). The van der Waals surface area contributed by atoms with Gasteiger partial charge in [0, 0.05) is 31.9 Å². The molecule has 30 heavy (non-hydrogen) atoms. The van der Waals surface area contributed by atoms with Crippen LogP contribution < -0.4 is 5.32 Å². The molecule has 1 atom stereocenters. The fraction of sp³-hybridized carbons (Fsp3) is 0.409. The Morgan fingerprint density at radius 2 is 1.63 bits per heavy atom.